The normalized spacial score (nSPS) is 26.1. The van der Waals surface area contributed by atoms with Crippen molar-refractivity contribution in [2.75, 3.05) is 13.2 Å². The highest BCUT2D eigenvalue weighted by atomic mass is 16.5. The van der Waals surface area contributed by atoms with Crippen LogP contribution in [0.1, 0.15) is 56.7 Å². The van der Waals surface area contributed by atoms with Gasteiger partial charge in [0.05, 0.1) is 17.3 Å². The maximum Gasteiger partial charge on any atom is 0.0827 e. The van der Waals surface area contributed by atoms with Crippen LogP contribution < -0.4 is 5.73 Å². The second-order valence-electron chi connectivity index (χ2n) is 5.97. The Morgan fingerprint density at radius 1 is 1.42 bits per heavy atom. The monoisotopic (exact) mass is 264 g/mol. The summed E-state index contributed by atoms with van der Waals surface area (Å²) in [6.07, 6.45) is 11.2. The summed E-state index contributed by atoms with van der Waals surface area (Å²) in [6.45, 7) is 1.58. The predicted octanol–water partition coefficient (Wildman–Crippen LogP) is 1.83. The minimum Gasteiger partial charge on any atom is -0.375 e. The first-order valence-electron chi connectivity index (χ1n) is 7.56. The molecule has 2 fully saturated rings. The van der Waals surface area contributed by atoms with Crippen molar-refractivity contribution in [2.24, 2.45) is 5.73 Å². The van der Waals surface area contributed by atoms with E-state index in [0.29, 0.717) is 12.6 Å². The fourth-order valence-corrected chi connectivity index (χ4v) is 3.49. The van der Waals surface area contributed by atoms with Crippen LogP contribution in [-0.4, -0.2) is 33.7 Å². The lowest BCUT2D eigenvalue weighted by atomic mass is 9.89. The standard InChI is InChI=1S/C14H24N4O/c15-8-3-4-12-11-18(17-16-12)13-5-9-19-14(10-13)6-1-2-7-14/h11,13H,1-10,15H2. The molecule has 1 aromatic heterocycles. The van der Waals surface area contributed by atoms with E-state index in [4.69, 9.17) is 10.5 Å². The van der Waals surface area contributed by atoms with Crippen molar-refractivity contribution in [2.45, 2.75) is 63.0 Å². The Labute approximate surface area is 114 Å². The summed E-state index contributed by atoms with van der Waals surface area (Å²) in [4.78, 5) is 0. The molecule has 0 bridgehead atoms. The number of hydrogen-bond donors (Lipinski definition) is 1. The Hall–Kier alpha value is -0.940. The molecule has 1 spiro atoms. The highest BCUT2D eigenvalue weighted by molar-refractivity contribution is 4.97. The van der Waals surface area contributed by atoms with Gasteiger partial charge in [-0.2, -0.15) is 0 Å². The third-order valence-electron chi connectivity index (χ3n) is 4.55. The van der Waals surface area contributed by atoms with E-state index in [1.54, 1.807) is 0 Å². The molecule has 0 amide bonds. The maximum atomic E-state index is 6.07. The van der Waals surface area contributed by atoms with E-state index in [-0.39, 0.29) is 5.60 Å². The summed E-state index contributed by atoms with van der Waals surface area (Å²) in [6, 6.07) is 0.464. The Morgan fingerprint density at radius 3 is 3.05 bits per heavy atom. The van der Waals surface area contributed by atoms with Gasteiger partial charge in [-0.25, -0.2) is 4.68 Å². The minimum atomic E-state index is 0.145. The van der Waals surface area contributed by atoms with Gasteiger partial charge in [0.15, 0.2) is 0 Å². The van der Waals surface area contributed by atoms with E-state index in [1.807, 2.05) is 0 Å². The highest BCUT2D eigenvalue weighted by Crippen LogP contribution is 2.43. The fraction of sp³-hybridized carbons (Fsp3) is 0.857. The molecule has 1 aliphatic carbocycles. The molecule has 2 heterocycles. The van der Waals surface area contributed by atoms with E-state index in [9.17, 15) is 0 Å². The molecule has 1 saturated heterocycles. The average molecular weight is 264 g/mol. The van der Waals surface area contributed by atoms with E-state index >= 15 is 0 Å². The Bertz CT molecular complexity index is 411. The molecular formula is C14H24N4O. The van der Waals surface area contributed by atoms with Gasteiger partial charge >= 0.3 is 0 Å². The van der Waals surface area contributed by atoms with Crippen LogP contribution in [0, 0.1) is 0 Å². The van der Waals surface area contributed by atoms with Crippen molar-refractivity contribution in [3.63, 3.8) is 0 Å². The van der Waals surface area contributed by atoms with Gasteiger partial charge in [-0.3, -0.25) is 0 Å². The van der Waals surface area contributed by atoms with Crippen LogP contribution >= 0.6 is 0 Å². The van der Waals surface area contributed by atoms with E-state index in [2.05, 4.69) is 21.2 Å². The van der Waals surface area contributed by atoms with Gasteiger partial charge in [-0.1, -0.05) is 18.1 Å². The van der Waals surface area contributed by atoms with Gasteiger partial charge in [0.2, 0.25) is 0 Å². The van der Waals surface area contributed by atoms with Crippen molar-refractivity contribution in [1.29, 1.82) is 0 Å². The SMILES string of the molecule is NCCCc1cn(C2CCOC3(CCCC3)C2)nn1. The highest BCUT2D eigenvalue weighted by Gasteiger charge is 2.40. The van der Waals surface area contributed by atoms with Crippen LogP contribution in [0.3, 0.4) is 0 Å². The molecule has 0 aromatic carbocycles. The first-order valence-corrected chi connectivity index (χ1v) is 7.56. The topological polar surface area (TPSA) is 66.0 Å². The summed E-state index contributed by atoms with van der Waals surface area (Å²) < 4.78 is 8.14. The van der Waals surface area contributed by atoms with Gasteiger partial charge in [0, 0.05) is 12.8 Å². The first-order chi connectivity index (χ1) is 9.31. The number of nitrogens with zero attached hydrogens (tertiary/aromatic N) is 3. The van der Waals surface area contributed by atoms with Crippen molar-refractivity contribution in [1.82, 2.24) is 15.0 Å². The van der Waals surface area contributed by atoms with Gasteiger partial charge < -0.3 is 10.5 Å². The molecule has 2 N–H and O–H groups in total. The smallest absolute Gasteiger partial charge is 0.0827 e. The third kappa shape index (κ3) is 2.82. The molecule has 3 rings (SSSR count). The number of rotatable bonds is 4. The van der Waals surface area contributed by atoms with Crippen LogP contribution in [0.25, 0.3) is 0 Å². The van der Waals surface area contributed by atoms with Crippen molar-refractivity contribution in [3.8, 4) is 0 Å². The number of aromatic nitrogens is 3. The van der Waals surface area contributed by atoms with Gasteiger partial charge in [-0.15, -0.1) is 5.10 Å². The molecule has 1 aromatic rings. The number of nitrogens with two attached hydrogens (primary N) is 1. The number of hydrogen-bond acceptors (Lipinski definition) is 4. The van der Waals surface area contributed by atoms with Crippen LogP contribution in [0.4, 0.5) is 0 Å². The molecule has 1 unspecified atom stereocenters. The summed E-state index contributed by atoms with van der Waals surface area (Å²) in [7, 11) is 0. The lowest BCUT2D eigenvalue weighted by Crippen LogP contribution is -2.38. The van der Waals surface area contributed by atoms with Gasteiger partial charge in [0.1, 0.15) is 0 Å². The molecule has 106 valence electrons. The molecule has 1 atom stereocenters. The average Bonchev–Trinajstić information content (AvgIpc) is 3.06. The molecule has 2 aliphatic rings. The van der Waals surface area contributed by atoms with Crippen LogP contribution in [0.2, 0.25) is 0 Å². The Kier molecular flexibility index (Phi) is 3.84. The summed E-state index contributed by atoms with van der Waals surface area (Å²) >= 11 is 0. The van der Waals surface area contributed by atoms with Crippen molar-refractivity contribution in [3.05, 3.63) is 11.9 Å². The molecule has 1 saturated carbocycles. The van der Waals surface area contributed by atoms with Crippen LogP contribution in [-0.2, 0) is 11.2 Å². The van der Waals surface area contributed by atoms with Crippen LogP contribution in [0.15, 0.2) is 6.20 Å². The minimum absolute atomic E-state index is 0.145. The predicted molar refractivity (Wildman–Crippen MR) is 72.8 cm³/mol. The first kappa shape index (κ1) is 13.1. The van der Waals surface area contributed by atoms with E-state index < -0.39 is 0 Å². The summed E-state index contributed by atoms with van der Waals surface area (Å²) in [5.74, 6) is 0. The zero-order valence-electron chi connectivity index (χ0n) is 11.6. The fourth-order valence-electron chi connectivity index (χ4n) is 3.49. The van der Waals surface area contributed by atoms with Crippen molar-refractivity contribution < 1.29 is 4.74 Å². The molecular weight excluding hydrogens is 240 g/mol. The summed E-state index contributed by atoms with van der Waals surface area (Å²) in [5, 5.41) is 8.58. The second-order valence-corrected chi connectivity index (χ2v) is 5.97. The van der Waals surface area contributed by atoms with E-state index in [0.717, 1.165) is 38.0 Å². The second kappa shape index (κ2) is 5.59. The Morgan fingerprint density at radius 2 is 2.26 bits per heavy atom. The number of aryl methyl sites for hydroxylation is 1. The Balaban J connectivity index is 1.66. The number of ether oxygens (including phenoxy) is 1. The lowest BCUT2D eigenvalue weighted by Gasteiger charge is -2.38. The zero-order valence-corrected chi connectivity index (χ0v) is 11.6. The van der Waals surface area contributed by atoms with Crippen LogP contribution in [0.5, 0.6) is 0 Å². The van der Waals surface area contributed by atoms with Gasteiger partial charge in [-0.05, 0) is 45.1 Å². The zero-order chi connectivity index (χ0) is 13.1. The van der Waals surface area contributed by atoms with Gasteiger partial charge in [0.25, 0.3) is 0 Å². The molecule has 0 radical (unpaired) electrons. The quantitative estimate of drug-likeness (QED) is 0.901. The molecule has 1 aliphatic heterocycles. The van der Waals surface area contributed by atoms with Crippen molar-refractivity contribution >= 4 is 0 Å². The molecule has 5 nitrogen and oxygen atoms in total. The van der Waals surface area contributed by atoms with E-state index in [1.165, 1.54) is 25.7 Å². The third-order valence-corrected chi connectivity index (χ3v) is 4.55. The molecule has 19 heavy (non-hydrogen) atoms. The lowest BCUT2D eigenvalue weighted by molar-refractivity contribution is -0.0911. The summed E-state index contributed by atoms with van der Waals surface area (Å²) in [5.41, 5.74) is 6.75. The maximum absolute atomic E-state index is 6.07. The largest absolute Gasteiger partial charge is 0.375 e. The molecule has 5 heteroatoms.